The zero-order chi connectivity index (χ0) is 12.4. The van der Waals surface area contributed by atoms with Crippen molar-refractivity contribution in [3.05, 3.63) is 46.4 Å². The van der Waals surface area contributed by atoms with Crippen molar-refractivity contribution in [2.45, 2.75) is 0 Å². The van der Waals surface area contributed by atoms with Gasteiger partial charge in [0.05, 0.1) is 5.69 Å². The maximum atomic E-state index is 13.0. The molecule has 6 heteroatoms. The van der Waals surface area contributed by atoms with E-state index < -0.39 is 5.82 Å². The van der Waals surface area contributed by atoms with E-state index in [0.29, 0.717) is 15.9 Å². The number of aryl methyl sites for hydroxylation is 1. The zero-order valence-corrected chi connectivity index (χ0v) is 10.5. The Hall–Kier alpha value is -1.69. The van der Waals surface area contributed by atoms with Crippen molar-refractivity contribution < 1.29 is 9.18 Å². The summed E-state index contributed by atoms with van der Waals surface area (Å²) in [6.07, 6.45) is 1.52. The van der Waals surface area contributed by atoms with Gasteiger partial charge >= 0.3 is 0 Å². The van der Waals surface area contributed by atoms with Gasteiger partial charge in [0.25, 0.3) is 5.91 Å². The Kier molecular flexibility index (Phi) is 3.23. The number of carbonyl (C=O) groups excluding carboxylic acids is 1. The summed E-state index contributed by atoms with van der Waals surface area (Å²) >= 11 is 3.24. The smallest absolute Gasteiger partial charge is 0.273 e. The van der Waals surface area contributed by atoms with Crippen molar-refractivity contribution in [2.75, 3.05) is 5.32 Å². The van der Waals surface area contributed by atoms with E-state index in [-0.39, 0.29) is 5.91 Å². The Morgan fingerprint density at radius 2 is 2.24 bits per heavy atom. The molecule has 0 atom stereocenters. The number of halogens is 2. The van der Waals surface area contributed by atoms with E-state index in [2.05, 4.69) is 26.3 Å². The minimum Gasteiger partial charge on any atom is -0.320 e. The molecule has 2 aromatic rings. The average Bonchev–Trinajstić information content (AvgIpc) is 2.70. The van der Waals surface area contributed by atoms with Crippen molar-refractivity contribution in [1.82, 2.24) is 9.78 Å². The highest BCUT2D eigenvalue weighted by Gasteiger charge is 2.11. The molecule has 0 bridgehead atoms. The lowest BCUT2D eigenvalue weighted by atomic mass is 10.3. The maximum absolute atomic E-state index is 13.0. The van der Waals surface area contributed by atoms with E-state index >= 15 is 0 Å². The van der Waals surface area contributed by atoms with Crippen LogP contribution in [0.15, 0.2) is 34.9 Å². The standard InChI is InChI=1S/C11H9BrFN3O/c1-16-10(4-5-14-16)11(17)15-9-6-7(13)2-3-8(9)12/h2-6H,1H3,(H,15,17). The first kappa shape index (κ1) is 11.8. The molecule has 4 nitrogen and oxygen atoms in total. The van der Waals surface area contributed by atoms with Gasteiger partial charge in [0.2, 0.25) is 0 Å². The van der Waals surface area contributed by atoms with Gasteiger partial charge in [-0.05, 0) is 40.2 Å². The van der Waals surface area contributed by atoms with Crippen LogP contribution < -0.4 is 5.32 Å². The molecule has 0 aliphatic heterocycles. The van der Waals surface area contributed by atoms with Gasteiger partial charge in [-0.3, -0.25) is 9.48 Å². The Labute approximate surface area is 106 Å². The molecule has 2 rings (SSSR count). The second-order valence-electron chi connectivity index (χ2n) is 3.42. The first-order valence-corrected chi connectivity index (χ1v) is 5.61. The van der Waals surface area contributed by atoms with Crippen LogP contribution >= 0.6 is 15.9 Å². The third-order valence-corrected chi connectivity index (χ3v) is 2.92. The number of benzene rings is 1. The van der Waals surface area contributed by atoms with Crippen molar-refractivity contribution in [1.29, 1.82) is 0 Å². The van der Waals surface area contributed by atoms with Gasteiger partial charge in [-0.15, -0.1) is 0 Å². The molecule has 17 heavy (non-hydrogen) atoms. The molecule has 1 N–H and O–H groups in total. The van der Waals surface area contributed by atoms with Crippen LogP contribution in [0, 0.1) is 5.82 Å². The van der Waals surface area contributed by atoms with E-state index in [4.69, 9.17) is 0 Å². The molecule has 0 radical (unpaired) electrons. The van der Waals surface area contributed by atoms with Crippen LogP contribution in [-0.2, 0) is 7.05 Å². The van der Waals surface area contributed by atoms with E-state index in [1.54, 1.807) is 13.1 Å². The fraction of sp³-hybridized carbons (Fsp3) is 0.0909. The number of amides is 1. The first-order valence-electron chi connectivity index (χ1n) is 4.82. The summed E-state index contributed by atoms with van der Waals surface area (Å²) in [5.74, 6) is -0.746. The van der Waals surface area contributed by atoms with E-state index in [1.165, 1.54) is 29.1 Å². The van der Waals surface area contributed by atoms with Crippen molar-refractivity contribution in [2.24, 2.45) is 7.05 Å². The van der Waals surface area contributed by atoms with Gasteiger partial charge in [-0.25, -0.2) is 4.39 Å². The van der Waals surface area contributed by atoms with Crippen LogP contribution in [0.2, 0.25) is 0 Å². The lowest BCUT2D eigenvalue weighted by Crippen LogP contribution is -2.16. The van der Waals surface area contributed by atoms with Gasteiger partial charge in [0, 0.05) is 17.7 Å². The van der Waals surface area contributed by atoms with Crippen LogP contribution in [0.5, 0.6) is 0 Å². The third kappa shape index (κ3) is 2.52. The van der Waals surface area contributed by atoms with Gasteiger partial charge in [-0.1, -0.05) is 0 Å². The monoisotopic (exact) mass is 297 g/mol. The number of rotatable bonds is 2. The lowest BCUT2D eigenvalue weighted by Gasteiger charge is -2.07. The molecule has 88 valence electrons. The van der Waals surface area contributed by atoms with Crippen molar-refractivity contribution in [3.63, 3.8) is 0 Å². The second-order valence-corrected chi connectivity index (χ2v) is 4.27. The largest absolute Gasteiger partial charge is 0.320 e. The fourth-order valence-corrected chi connectivity index (χ4v) is 1.72. The summed E-state index contributed by atoms with van der Waals surface area (Å²) in [6, 6.07) is 5.68. The normalized spacial score (nSPS) is 10.3. The summed E-state index contributed by atoms with van der Waals surface area (Å²) in [4.78, 5) is 11.8. The molecule has 0 saturated heterocycles. The maximum Gasteiger partial charge on any atom is 0.273 e. The molecule has 0 saturated carbocycles. The molecular weight excluding hydrogens is 289 g/mol. The van der Waals surface area contributed by atoms with Gasteiger partial charge in [0.1, 0.15) is 11.5 Å². The summed E-state index contributed by atoms with van der Waals surface area (Å²) in [5.41, 5.74) is 0.789. The summed E-state index contributed by atoms with van der Waals surface area (Å²) in [6.45, 7) is 0. The number of carbonyl (C=O) groups is 1. The minimum absolute atomic E-state index is 0.337. The predicted octanol–water partition coefficient (Wildman–Crippen LogP) is 2.57. The van der Waals surface area contributed by atoms with Gasteiger partial charge in [-0.2, -0.15) is 5.10 Å². The molecule has 1 amide bonds. The molecule has 0 spiro atoms. The van der Waals surface area contributed by atoms with Gasteiger partial charge in [0.15, 0.2) is 0 Å². The van der Waals surface area contributed by atoms with Crippen molar-refractivity contribution >= 4 is 27.5 Å². The molecule has 0 aliphatic carbocycles. The zero-order valence-electron chi connectivity index (χ0n) is 8.95. The summed E-state index contributed by atoms with van der Waals surface area (Å²) in [5, 5.41) is 6.50. The van der Waals surface area contributed by atoms with Crippen LogP contribution in [0.25, 0.3) is 0 Å². The van der Waals surface area contributed by atoms with Crippen LogP contribution in [0.1, 0.15) is 10.5 Å². The van der Waals surface area contributed by atoms with Crippen LogP contribution in [0.3, 0.4) is 0 Å². The second kappa shape index (κ2) is 4.67. The molecule has 1 aromatic carbocycles. The third-order valence-electron chi connectivity index (χ3n) is 2.23. The molecule has 1 heterocycles. The Morgan fingerprint density at radius 1 is 1.47 bits per heavy atom. The highest BCUT2D eigenvalue weighted by molar-refractivity contribution is 9.10. The number of nitrogens with zero attached hydrogens (tertiary/aromatic N) is 2. The summed E-state index contributed by atoms with van der Waals surface area (Å²) in [7, 11) is 1.66. The topological polar surface area (TPSA) is 46.9 Å². The number of aromatic nitrogens is 2. The summed E-state index contributed by atoms with van der Waals surface area (Å²) < 4.78 is 15.1. The Bertz CT molecular complexity index is 568. The number of anilines is 1. The average molecular weight is 298 g/mol. The van der Waals surface area contributed by atoms with Gasteiger partial charge < -0.3 is 5.32 Å². The highest BCUT2D eigenvalue weighted by atomic mass is 79.9. The van der Waals surface area contributed by atoms with Crippen molar-refractivity contribution in [3.8, 4) is 0 Å². The molecular formula is C11H9BrFN3O. The molecule has 0 unspecified atom stereocenters. The van der Waals surface area contributed by atoms with Crippen LogP contribution in [0.4, 0.5) is 10.1 Å². The predicted molar refractivity (Wildman–Crippen MR) is 65.3 cm³/mol. The quantitative estimate of drug-likeness (QED) is 0.926. The number of nitrogens with one attached hydrogen (secondary N) is 1. The molecule has 1 aromatic heterocycles. The highest BCUT2D eigenvalue weighted by Crippen LogP contribution is 2.23. The fourth-order valence-electron chi connectivity index (χ4n) is 1.38. The number of hydrogen-bond acceptors (Lipinski definition) is 2. The minimum atomic E-state index is -0.409. The van der Waals surface area contributed by atoms with E-state index in [9.17, 15) is 9.18 Å². The van der Waals surface area contributed by atoms with E-state index in [1.807, 2.05) is 0 Å². The Balaban J connectivity index is 2.24. The lowest BCUT2D eigenvalue weighted by molar-refractivity contribution is 0.101. The van der Waals surface area contributed by atoms with Crippen LogP contribution in [-0.4, -0.2) is 15.7 Å². The van der Waals surface area contributed by atoms with E-state index in [0.717, 1.165) is 0 Å². The number of hydrogen-bond donors (Lipinski definition) is 1. The molecule has 0 aliphatic rings. The molecule has 0 fully saturated rings. The first-order chi connectivity index (χ1) is 8.08. The SMILES string of the molecule is Cn1nccc1C(=O)Nc1cc(F)ccc1Br. The Morgan fingerprint density at radius 3 is 2.88 bits per heavy atom.